The topological polar surface area (TPSA) is 46.5 Å². The zero-order valence-electron chi connectivity index (χ0n) is 11.5. The number of ether oxygens (including phenoxy) is 1. The van der Waals surface area contributed by atoms with E-state index < -0.39 is 5.97 Å². The van der Waals surface area contributed by atoms with Crippen LogP contribution >= 0.6 is 0 Å². The zero-order chi connectivity index (χ0) is 13.0. The summed E-state index contributed by atoms with van der Waals surface area (Å²) >= 11 is 0. The molecule has 2 atom stereocenters. The molecule has 0 spiro atoms. The van der Waals surface area contributed by atoms with Gasteiger partial charge in [0.2, 0.25) is 0 Å². The van der Waals surface area contributed by atoms with Crippen LogP contribution in [0.5, 0.6) is 0 Å². The maximum absolute atomic E-state index is 11.6. The molecule has 1 aliphatic heterocycles. The van der Waals surface area contributed by atoms with Crippen molar-refractivity contribution in [1.82, 2.24) is 0 Å². The van der Waals surface area contributed by atoms with E-state index in [4.69, 9.17) is 4.74 Å². The van der Waals surface area contributed by atoms with Crippen LogP contribution < -0.4 is 0 Å². The van der Waals surface area contributed by atoms with Gasteiger partial charge < -0.3 is 9.84 Å². The van der Waals surface area contributed by atoms with Gasteiger partial charge in [-0.1, -0.05) is 0 Å². The molecule has 1 heterocycles. The van der Waals surface area contributed by atoms with Crippen molar-refractivity contribution in [1.29, 1.82) is 0 Å². The smallest absolute Gasteiger partial charge is 0.307 e. The number of aliphatic carboxylic acids is 1. The number of carboxylic acids is 1. The van der Waals surface area contributed by atoms with Gasteiger partial charge in [-0.25, -0.2) is 0 Å². The number of hydrogen-bond acceptors (Lipinski definition) is 2. The Hall–Kier alpha value is -0.570. The van der Waals surface area contributed by atoms with Gasteiger partial charge in [-0.15, -0.1) is 0 Å². The van der Waals surface area contributed by atoms with Gasteiger partial charge in [0.05, 0.1) is 5.92 Å². The summed E-state index contributed by atoms with van der Waals surface area (Å²) in [7, 11) is 0. The van der Waals surface area contributed by atoms with Gasteiger partial charge in [-0.3, -0.25) is 4.79 Å². The molecule has 1 saturated heterocycles. The monoisotopic (exact) mass is 264 g/mol. The average Bonchev–Trinajstić information content (AvgIpc) is 2.38. The molecule has 5 fully saturated rings. The van der Waals surface area contributed by atoms with Crippen molar-refractivity contribution in [3.63, 3.8) is 0 Å². The molecule has 0 aromatic carbocycles. The van der Waals surface area contributed by atoms with Crippen molar-refractivity contribution in [3.8, 4) is 0 Å². The van der Waals surface area contributed by atoms with E-state index in [1.807, 2.05) is 0 Å². The molecule has 3 nitrogen and oxygen atoms in total. The van der Waals surface area contributed by atoms with Crippen LogP contribution in [0, 0.1) is 35.0 Å². The quantitative estimate of drug-likeness (QED) is 0.834. The Labute approximate surface area is 114 Å². The predicted molar refractivity (Wildman–Crippen MR) is 70.7 cm³/mol. The van der Waals surface area contributed by atoms with Crippen LogP contribution in [0.4, 0.5) is 0 Å². The average molecular weight is 264 g/mol. The fourth-order valence-electron chi connectivity index (χ4n) is 6.30. The minimum absolute atomic E-state index is 0.0236. The Kier molecular flexibility index (Phi) is 2.70. The van der Waals surface area contributed by atoms with E-state index in [1.165, 1.54) is 44.9 Å². The van der Waals surface area contributed by atoms with Gasteiger partial charge in [-0.2, -0.15) is 0 Å². The van der Waals surface area contributed by atoms with E-state index in [1.54, 1.807) is 0 Å². The maximum atomic E-state index is 11.6. The molecule has 4 saturated carbocycles. The number of carbonyl (C=O) groups is 1. The minimum Gasteiger partial charge on any atom is -0.481 e. The van der Waals surface area contributed by atoms with Crippen molar-refractivity contribution in [2.75, 3.05) is 13.2 Å². The fraction of sp³-hybridized carbons (Fsp3) is 0.938. The molecule has 0 aromatic heterocycles. The van der Waals surface area contributed by atoms with Crippen LogP contribution in [-0.2, 0) is 9.53 Å². The highest BCUT2D eigenvalue weighted by Crippen LogP contribution is 2.65. The Balaban J connectivity index is 1.61. The molecule has 1 N–H and O–H groups in total. The van der Waals surface area contributed by atoms with E-state index in [9.17, 15) is 9.90 Å². The largest absolute Gasteiger partial charge is 0.481 e. The minimum atomic E-state index is -0.518. The number of rotatable bonds is 2. The molecule has 5 aliphatic rings. The molecule has 4 bridgehead atoms. The summed E-state index contributed by atoms with van der Waals surface area (Å²) in [5.41, 5.74) is 0.492. The van der Waals surface area contributed by atoms with Crippen molar-refractivity contribution >= 4 is 5.97 Å². The SMILES string of the molecule is O=C(O)C1C2CC3CC1CC(C1CCOCC1)(C3)C2. The lowest BCUT2D eigenvalue weighted by Crippen LogP contribution is -2.56. The first-order valence-corrected chi connectivity index (χ1v) is 7.98. The Morgan fingerprint density at radius 2 is 1.68 bits per heavy atom. The summed E-state index contributed by atoms with van der Waals surface area (Å²) in [6.45, 7) is 1.85. The molecule has 19 heavy (non-hydrogen) atoms. The normalized spacial score (nSPS) is 49.5. The standard InChI is InChI=1S/C16H24O3/c17-15(18)14-11-5-10-6-12(14)9-16(7-10,8-11)13-1-3-19-4-2-13/h10-14H,1-9H2,(H,17,18). The molecular weight excluding hydrogens is 240 g/mol. The summed E-state index contributed by atoms with van der Waals surface area (Å²) in [4.78, 5) is 11.6. The first-order valence-electron chi connectivity index (χ1n) is 7.98. The molecule has 5 rings (SSSR count). The van der Waals surface area contributed by atoms with Gasteiger partial charge in [-0.05, 0) is 74.0 Å². The van der Waals surface area contributed by atoms with E-state index in [2.05, 4.69) is 0 Å². The van der Waals surface area contributed by atoms with Gasteiger partial charge in [0.15, 0.2) is 0 Å². The first-order chi connectivity index (χ1) is 9.18. The molecular formula is C16H24O3. The van der Waals surface area contributed by atoms with Gasteiger partial charge >= 0.3 is 5.97 Å². The van der Waals surface area contributed by atoms with Crippen molar-refractivity contribution in [3.05, 3.63) is 0 Å². The lowest BCUT2D eigenvalue weighted by molar-refractivity contribution is -0.172. The number of carboxylic acid groups (broad SMARTS) is 1. The van der Waals surface area contributed by atoms with Crippen molar-refractivity contribution < 1.29 is 14.6 Å². The highest BCUT2D eigenvalue weighted by Gasteiger charge is 2.59. The van der Waals surface area contributed by atoms with Crippen LogP contribution in [0.1, 0.15) is 44.9 Å². The van der Waals surface area contributed by atoms with Crippen LogP contribution in [0.3, 0.4) is 0 Å². The summed E-state index contributed by atoms with van der Waals surface area (Å²) in [5.74, 6) is 2.05. The molecule has 0 amide bonds. The Morgan fingerprint density at radius 3 is 2.26 bits per heavy atom. The summed E-state index contributed by atoms with van der Waals surface area (Å²) in [5, 5.41) is 9.52. The van der Waals surface area contributed by atoms with Crippen molar-refractivity contribution in [2.24, 2.45) is 35.0 Å². The molecule has 0 radical (unpaired) electrons. The van der Waals surface area contributed by atoms with Crippen molar-refractivity contribution in [2.45, 2.75) is 44.9 Å². The second kappa shape index (κ2) is 4.21. The van der Waals surface area contributed by atoms with Crippen LogP contribution in [0.25, 0.3) is 0 Å². The van der Waals surface area contributed by atoms with E-state index in [-0.39, 0.29) is 5.92 Å². The Bertz CT molecular complexity index is 369. The fourth-order valence-corrected chi connectivity index (χ4v) is 6.30. The molecule has 0 aromatic rings. The predicted octanol–water partition coefficient (Wildman–Crippen LogP) is 2.94. The lowest BCUT2D eigenvalue weighted by Gasteiger charge is -2.62. The van der Waals surface area contributed by atoms with Gasteiger partial charge in [0.1, 0.15) is 0 Å². The van der Waals surface area contributed by atoms with E-state index >= 15 is 0 Å². The third kappa shape index (κ3) is 1.77. The number of hydrogen-bond donors (Lipinski definition) is 1. The zero-order valence-corrected chi connectivity index (χ0v) is 11.5. The van der Waals surface area contributed by atoms with Crippen LogP contribution in [0.2, 0.25) is 0 Å². The first kappa shape index (κ1) is 12.2. The molecule has 106 valence electrons. The second-order valence-electron chi connectivity index (χ2n) is 7.58. The second-order valence-corrected chi connectivity index (χ2v) is 7.58. The van der Waals surface area contributed by atoms with E-state index in [0.29, 0.717) is 17.3 Å². The van der Waals surface area contributed by atoms with Gasteiger partial charge in [0, 0.05) is 13.2 Å². The van der Waals surface area contributed by atoms with E-state index in [0.717, 1.165) is 25.0 Å². The molecule has 3 heteroatoms. The highest BCUT2D eigenvalue weighted by atomic mass is 16.5. The summed E-state index contributed by atoms with van der Waals surface area (Å²) < 4.78 is 5.53. The van der Waals surface area contributed by atoms with Crippen LogP contribution in [-0.4, -0.2) is 24.3 Å². The molecule has 2 unspecified atom stereocenters. The highest BCUT2D eigenvalue weighted by molar-refractivity contribution is 5.71. The Morgan fingerprint density at radius 1 is 1.05 bits per heavy atom. The summed E-state index contributed by atoms with van der Waals surface area (Å²) in [6.07, 6.45) is 8.59. The third-order valence-corrected chi connectivity index (χ3v) is 6.69. The maximum Gasteiger partial charge on any atom is 0.307 e. The lowest BCUT2D eigenvalue weighted by atomic mass is 9.43. The summed E-state index contributed by atoms with van der Waals surface area (Å²) in [6, 6.07) is 0. The third-order valence-electron chi connectivity index (χ3n) is 6.69. The molecule has 4 aliphatic carbocycles. The van der Waals surface area contributed by atoms with Crippen LogP contribution in [0.15, 0.2) is 0 Å². The van der Waals surface area contributed by atoms with Gasteiger partial charge in [0.25, 0.3) is 0 Å².